The largest absolute Gasteiger partial charge is 0.0885 e. The van der Waals surface area contributed by atoms with E-state index in [1.807, 2.05) is 0 Å². The minimum Gasteiger partial charge on any atom is -0.0885 e. The van der Waals surface area contributed by atoms with Crippen molar-refractivity contribution in [2.24, 2.45) is 17.3 Å². The number of hydrogen-bond acceptors (Lipinski definition) is 0. The Hall–Kier alpha value is -0.300. The Kier molecular flexibility index (Phi) is 3.97. The highest BCUT2D eigenvalue weighted by atomic mass is 79.9. The minimum atomic E-state index is 0.396. The Balaban J connectivity index is 2.17. The van der Waals surface area contributed by atoms with E-state index in [9.17, 15) is 0 Å². The Morgan fingerprint density at radius 1 is 1.18 bits per heavy atom. The molecule has 0 N–H and O–H groups in total. The summed E-state index contributed by atoms with van der Waals surface area (Å²) in [5.74, 6) is 1.61. The van der Waals surface area contributed by atoms with E-state index in [0.717, 1.165) is 11.8 Å². The monoisotopic (exact) mass is 294 g/mol. The van der Waals surface area contributed by atoms with Crippen LogP contribution in [-0.2, 0) is 6.42 Å². The summed E-state index contributed by atoms with van der Waals surface area (Å²) < 4.78 is 0. The van der Waals surface area contributed by atoms with Gasteiger partial charge in [0, 0.05) is 4.83 Å². The molecular weight excluding hydrogens is 272 g/mol. The van der Waals surface area contributed by atoms with Gasteiger partial charge in [-0.1, -0.05) is 67.0 Å². The molecule has 1 aliphatic rings. The molecule has 0 bridgehead atoms. The van der Waals surface area contributed by atoms with E-state index in [4.69, 9.17) is 0 Å². The van der Waals surface area contributed by atoms with Gasteiger partial charge >= 0.3 is 0 Å². The molecule has 1 aromatic rings. The molecule has 1 heteroatoms. The van der Waals surface area contributed by atoms with Crippen LogP contribution < -0.4 is 0 Å². The van der Waals surface area contributed by atoms with Gasteiger partial charge in [0.25, 0.3) is 0 Å². The standard InChI is InChI=1S/C16H23Br/c1-12-9-10-15(17)16(2,3)14(12)11-13-7-5-4-6-8-13/h4-8,12,14-15H,9-11H2,1-3H3/t12?,14-,15+/m1/s1. The summed E-state index contributed by atoms with van der Waals surface area (Å²) in [5.41, 5.74) is 1.88. The van der Waals surface area contributed by atoms with Crippen LogP contribution in [0, 0.1) is 17.3 Å². The van der Waals surface area contributed by atoms with Gasteiger partial charge in [-0.25, -0.2) is 0 Å². The molecule has 0 amide bonds. The summed E-state index contributed by atoms with van der Waals surface area (Å²) in [7, 11) is 0. The van der Waals surface area contributed by atoms with Crippen LogP contribution in [0.1, 0.15) is 39.2 Å². The van der Waals surface area contributed by atoms with Gasteiger partial charge in [-0.3, -0.25) is 0 Å². The third-order valence-electron chi connectivity index (χ3n) is 4.62. The maximum absolute atomic E-state index is 3.89. The SMILES string of the molecule is CC1CC[C@H](Br)C(C)(C)[C@@H]1Cc1ccccc1. The van der Waals surface area contributed by atoms with Crippen LogP contribution in [0.2, 0.25) is 0 Å². The molecule has 0 nitrogen and oxygen atoms in total. The number of benzene rings is 1. The normalized spacial score (nSPS) is 32.4. The third kappa shape index (κ3) is 2.76. The fourth-order valence-electron chi connectivity index (χ4n) is 3.28. The Bertz CT molecular complexity index is 355. The topological polar surface area (TPSA) is 0 Å². The predicted octanol–water partition coefficient (Wildman–Crippen LogP) is 5.06. The van der Waals surface area contributed by atoms with Crippen molar-refractivity contribution in [3.63, 3.8) is 0 Å². The summed E-state index contributed by atoms with van der Waals surface area (Å²) in [4.78, 5) is 0.667. The van der Waals surface area contributed by atoms with E-state index in [1.165, 1.54) is 24.8 Å². The highest BCUT2D eigenvalue weighted by molar-refractivity contribution is 9.09. The van der Waals surface area contributed by atoms with E-state index >= 15 is 0 Å². The first-order valence-electron chi connectivity index (χ1n) is 6.70. The highest BCUT2D eigenvalue weighted by Crippen LogP contribution is 2.48. The molecular formula is C16H23Br. The lowest BCUT2D eigenvalue weighted by Gasteiger charge is -2.46. The van der Waals surface area contributed by atoms with Crippen LogP contribution in [0.4, 0.5) is 0 Å². The third-order valence-corrected chi connectivity index (χ3v) is 6.26. The zero-order chi connectivity index (χ0) is 12.5. The molecule has 94 valence electrons. The molecule has 0 radical (unpaired) electrons. The van der Waals surface area contributed by atoms with Crippen LogP contribution in [0.25, 0.3) is 0 Å². The van der Waals surface area contributed by atoms with Crippen LogP contribution >= 0.6 is 15.9 Å². The second-order valence-corrected chi connectivity index (χ2v) is 7.25. The number of halogens is 1. The van der Waals surface area contributed by atoms with Gasteiger partial charge in [-0.15, -0.1) is 0 Å². The summed E-state index contributed by atoms with van der Waals surface area (Å²) in [6.07, 6.45) is 3.90. The highest BCUT2D eigenvalue weighted by Gasteiger charge is 2.42. The minimum absolute atomic E-state index is 0.396. The van der Waals surface area contributed by atoms with E-state index in [0.29, 0.717) is 10.2 Å². The van der Waals surface area contributed by atoms with E-state index in [2.05, 4.69) is 67.0 Å². The van der Waals surface area contributed by atoms with Gasteiger partial charge < -0.3 is 0 Å². The zero-order valence-electron chi connectivity index (χ0n) is 11.1. The second-order valence-electron chi connectivity index (χ2n) is 6.14. The molecule has 17 heavy (non-hydrogen) atoms. The van der Waals surface area contributed by atoms with Crippen molar-refractivity contribution >= 4 is 15.9 Å². The van der Waals surface area contributed by atoms with Crippen LogP contribution in [0.3, 0.4) is 0 Å². The summed E-state index contributed by atoms with van der Waals surface area (Å²) >= 11 is 3.89. The average Bonchev–Trinajstić information content (AvgIpc) is 2.32. The maximum Gasteiger partial charge on any atom is 0.0199 e. The fraction of sp³-hybridized carbons (Fsp3) is 0.625. The van der Waals surface area contributed by atoms with Crippen molar-refractivity contribution in [2.45, 2.75) is 44.9 Å². The molecule has 2 rings (SSSR count). The quantitative estimate of drug-likeness (QED) is 0.669. The zero-order valence-corrected chi connectivity index (χ0v) is 12.7. The first-order valence-corrected chi connectivity index (χ1v) is 7.61. The number of hydrogen-bond donors (Lipinski definition) is 0. The van der Waals surface area contributed by atoms with Gasteiger partial charge in [0.15, 0.2) is 0 Å². The van der Waals surface area contributed by atoms with Gasteiger partial charge in [0.1, 0.15) is 0 Å². The molecule has 1 aromatic carbocycles. The molecule has 0 heterocycles. The lowest BCUT2D eigenvalue weighted by Crippen LogP contribution is -2.42. The lowest BCUT2D eigenvalue weighted by atomic mass is 9.62. The van der Waals surface area contributed by atoms with Gasteiger partial charge in [0.05, 0.1) is 0 Å². The first-order chi connectivity index (χ1) is 8.01. The summed E-state index contributed by atoms with van der Waals surface area (Å²) in [6.45, 7) is 7.28. The smallest absolute Gasteiger partial charge is 0.0199 e. The summed E-state index contributed by atoms with van der Waals surface area (Å²) in [5, 5.41) is 0. The average molecular weight is 295 g/mol. The van der Waals surface area contributed by atoms with Crippen LogP contribution in [-0.4, -0.2) is 4.83 Å². The maximum atomic E-state index is 3.89. The molecule has 0 spiro atoms. The number of rotatable bonds is 2. The molecule has 0 aromatic heterocycles. The van der Waals surface area contributed by atoms with Crippen molar-refractivity contribution in [3.05, 3.63) is 35.9 Å². The fourth-order valence-corrected chi connectivity index (χ4v) is 3.88. The molecule has 1 unspecified atom stereocenters. The Labute approximate surface area is 114 Å². The van der Waals surface area contributed by atoms with Crippen LogP contribution in [0.5, 0.6) is 0 Å². The predicted molar refractivity (Wildman–Crippen MR) is 78.5 cm³/mol. The Morgan fingerprint density at radius 2 is 1.82 bits per heavy atom. The first kappa shape index (κ1) is 13.1. The van der Waals surface area contributed by atoms with E-state index in [-0.39, 0.29) is 0 Å². The van der Waals surface area contributed by atoms with Crippen molar-refractivity contribution in [3.8, 4) is 0 Å². The molecule has 0 saturated heterocycles. The molecule has 1 aliphatic carbocycles. The van der Waals surface area contributed by atoms with Crippen molar-refractivity contribution in [1.82, 2.24) is 0 Å². The van der Waals surface area contributed by atoms with E-state index < -0.39 is 0 Å². The van der Waals surface area contributed by atoms with Gasteiger partial charge in [-0.2, -0.15) is 0 Å². The van der Waals surface area contributed by atoms with E-state index in [1.54, 1.807) is 0 Å². The number of alkyl halides is 1. The molecule has 3 atom stereocenters. The molecule has 1 fully saturated rings. The summed E-state index contributed by atoms with van der Waals surface area (Å²) in [6, 6.07) is 10.9. The second kappa shape index (κ2) is 5.14. The van der Waals surface area contributed by atoms with Crippen LogP contribution in [0.15, 0.2) is 30.3 Å². The van der Waals surface area contributed by atoms with Gasteiger partial charge in [-0.05, 0) is 42.1 Å². The molecule has 0 aliphatic heterocycles. The van der Waals surface area contributed by atoms with Crippen molar-refractivity contribution < 1.29 is 0 Å². The van der Waals surface area contributed by atoms with Crippen molar-refractivity contribution in [2.75, 3.05) is 0 Å². The van der Waals surface area contributed by atoms with Crippen molar-refractivity contribution in [1.29, 1.82) is 0 Å². The molecule has 1 saturated carbocycles. The van der Waals surface area contributed by atoms with Gasteiger partial charge in [0.2, 0.25) is 0 Å². The lowest BCUT2D eigenvalue weighted by molar-refractivity contribution is 0.0942. The Morgan fingerprint density at radius 3 is 2.47 bits per heavy atom.